The number of ether oxygens (including phenoxy) is 2. The average Bonchev–Trinajstić information content (AvgIpc) is 3.25. The number of hydrogen-bond acceptors (Lipinski definition) is 5. The maximum atomic E-state index is 10.7. The highest BCUT2D eigenvalue weighted by Crippen LogP contribution is 2.37. The summed E-state index contributed by atoms with van der Waals surface area (Å²) < 4.78 is 16.2. The third kappa shape index (κ3) is 3.57. The molecule has 132 valence electrons. The number of nitrogens with zero attached hydrogens (tertiary/aromatic N) is 1. The van der Waals surface area contributed by atoms with Crippen LogP contribution >= 0.6 is 0 Å². The molecule has 3 heterocycles. The molecule has 5 heteroatoms. The second kappa shape index (κ2) is 6.94. The number of likely N-dealkylation sites (tertiary alicyclic amines) is 1. The quantitative estimate of drug-likeness (QED) is 0.925. The van der Waals surface area contributed by atoms with Gasteiger partial charge >= 0.3 is 0 Å². The van der Waals surface area contributed by atoms with E-state index >= 15 is 0 Å². The first-order valence-corrected chi connectivity index (χ1v) is 8.70. The molecule has 0 radical (unpaired) electrons. The molecule has 2 aliphatic heterocycles. The van der Waals surface area contributed by atoms with Crippen molar-refractivity contribution in [2.75, 3.05) is 26.4 Å². The van der Waals surface area contributed by atoms with Gasteiger partial charge in [0.2, 0.25) is 6.79 Å². The third-order valence-electron chi connectivity index (χ3n) is 4.90. The zero-order chi connectivity index (χ0) is 17.2. The summed E-state index contributed by atoms with van der Waals surface area (Å²) in [5, 5.41) is 10.7. The van der Waals surface area contributed by atoms with Gasteiger partial charge in [-0.2, -0.15) is 0 Å². The van der Waals surface area contributed by atoms with Gasteiger partial charge in [-0.25, -0.2) is 0 Å². The van der Waals surface area contributed by atoms with E-state index in [1.165, 1.54) is 5.57 Å². The molecular weight excluding hydrogens is 318 g/mol. The molecule has 0 saturated carbocycles. The van der Waals surface area contributed by atoms with Crippen LogP contribution in [0.2, 0.25) is 0 Å². The summed E-state index contributed by atoms with van der Waals surface area (Å²) in [6.45, 7) is 4.84. The van der Waals surface area contributed by atoms with E-state index in [9.17, 15) is 5.11 Å². The highest BCUT2D eigenvalue weighted by molar-refractivity contribution is 5.47. The van der Waals surface area contributed by atoms with Crippen molar-refractivity contribution in [1.82, 2.24) is 4.90 Å². The van der Waals surface area contributed by atoms with Crippen LogP contribution in [0, 0.1) is 0 Å². The van der Waals surface area contributed by atoms with Crippen molar-refractivity contribution in [1.29, 1.82) is 0 Å². The topological polar surface area (TPSA) is 55.1 Å². The molecule has 0 bridgehead atoms. The SMILES string of the molecule is C/C(=C\c1ccco1)CN1CC[C@@H](c2ccc3c(c2)OCO3)[C@H](O)C1. The number of fused-ring (bicyclic) bond motifs is 1. The molecule has 2 atom stereocenters. The Morgan fingerprint density at radius 1 is 1.28 bits per heavy atom. The van der Waals surface area contributed by atoms with Crippen LogP contribution in [0.4, 0.5) is 0 Å². The molecule has 5 nitrogen and oxygen atoms in total. The predicted octanol–water partition coefficient (Wildman–Crippen LogP) is 3.26. The van der Waals surface area contributed by atoms with Crippen molar-refractivity contribution in [2.24, 2.45) is 0 Å². The molecule has 1 aromatic carbocycles. The van der Waals surface area contributed by atoms with E-state index in [4.69, 9.17) is 13.9 Å². The molecule has 1 saturated heterocycles. The van der Waals surface area contributed by atoms with Crippen molar-refractivity contribution in [3.05, 3.63) is 53.5 Å². The largest absolute Gasteiger partial charge is 0.465 e. The van der Waals surface area contributed by atoms with Gasteiger partial charge in [0, 0.05) is 19.0 Å². The Morgan fingerprint density at radius 2 is 2.16 bits per heavy atom. The van der Waals surface area contributed by atoms with Gasteiger partial charge < -0.3 is 19.0 Å². The lowest BCUT2D eigenvalue weighted by molar-refractivity contribution is 0.0558. The van der Waals surface area contributed by atoms with Gasteiger partial charge in [-0.15, -0.1) is 0 Å². The van der Waals surface area contributed by atoms with Crippen LogP contribution in [0.5, 0.6) is 11.5 Å². The van der Waals surface area contributed by atoms with Gasteiger partial charge in [-0.05, 0) is 55.8 Å². The molecule has 1 fully saturated rings. The zero-order valence-electron chi connectivity index (χ0n) is 14.4. The van der Waals surface area contributed by atoms with E-state index in [1.54, 1.807) is 6.26 Å². The normalized spacial score (nSPS) is 23.8. The van der Waals surface area contributed by atoms with Crippen LogP contribution in [-0.4, -0.2) is 42.5 Å². The van der Waals surface area contributed by atoms with Crippen LogP contribution < -0.4 is 9.47 Å². The molecule has 0 spiro atoms. The minimum absolute atomic E-state index is 0.139. The number of rotatable bonds is 4. The number of β-amino-alcohol motifs (C(OH)–C–C–N with tert-alkyl or cyclic N) is 1. The average molecular weight is 341 g/mol. The maximum Gasteiger partial charge on any atom is 0.231 e. The van der Waals surface area contributed by atoms with Gasteiger partial charge in [-0.1, -0.05) is 11.6 Å². The summed E-state index contributed by atoms with van der Waals surface area (Å²) in [6, 6.07) is 9.82. The molecule has 0 unspecified atom stereocenters. The molecule has 1 N–H and O–H groups in total. The van der Waals surface area contributed by atoms with Gasteiger partial charge in [0.05, 0.1) is 12.4 Å². The van der Waals surface area contributed by atoms with Crippen LogP contribution in [-0.2, 0) is 0 Å². The molecular formula is C20H23NO4. The van der Waals surface area contributed by atoms with E-state index in [1.807, 2.05) is 30.3 Å². The maximum absolute atomic E-state index is 10.7. The van der Waals surface area contributed by atoms with E-state index in [2.05, 4.69) is 17.9 Å². The number of benzene rings is 1. The zero-order valence-corrected chi connectivity index (χ0v) is 14.4. The minimum Gasteiger partial charge on any atom is -0.465 e. The Kier molecular flexibility index (Phi) is 4.51. The van der Waals surface area contributed by atoms with Crippen LogP contribution in [0.25, 0.3) is 6.08 Å². The van der Waals surface area contributed by atoms with Crippen LogP contribution in [0.3, 0.4) is 0 Å². The first kappa shape index (κ1) is 16.2. The smallest absolute Gasteiger partial charge is 0.231 e. The minimum atomic E-state index is -0.384. The number of piperidine rings is 1. The Bertz CT molecular complexity index is 753. The summed E-state index contributed by atoms with van der Waals surface area (Å²) >= 11 is 0. The van der Waals surface area contributed by atoms with Gasteiger partial charge in [0.25, 0.3) is 0 Å². The molecule has 0 aliphatic carbocycles. The van der Waals surface area contributed by atoms with Crippen molar-refractivity contribution in [2.45, 2.75) is 25.4 Å². The first-order valence-electron chi connectivity index (χ1n) is 8.70. The van der Waals surface area contributed by atoms with E-state index in [0.717, 1.165) is 42.3 Å². The summed E-state index contributed by atoms with van der Waals surface area (Å²) in [4.78, 5) is 2.29. The van der Waals surface area contributed by atoms with Crippen molar-refractivity contribution >= 4 is 6.08 Å². The number of aliphatic hydroxyl groups is 1. The van der Waals surface area contributed by atoms with E-state index in [0.29, 0.717) is 6.54 Å². The number of hydrogen-bond donors (Lipinski definition) is 1. The summed E-state index contributed by atoms with van der Waals surface area (Å²) in [6.07, 6.45) is 4.27. The summed E-state index contributed by atoms with van der Waals surface area (Å²) in [5.74, 6) is 2.58. The lowest BCUT2D eigenvalue weighted by Crippen LogP contribution is -2.43. The van der Waals surface area contributed by atoms with Gasteiger partial charge in [0.1, 0.15) is 5.76 Å². The predicted molar refractivity (Wildman–Crippen MR) is 94.7 cm³/mol. The molecule has 2 aliphatic rings. The third-order valence-corrected chi connectivity index (χ3v) is 4.90. The van der Waals surface area contributed by atoms with Crippen LogP contribution in [0.15, 0.2) is 46.6 Å². The van der Waals surface area contributed by atoms with Crippen molar-refractivity contribution in [3.8, 4) is 11.5 Å². The standard InChI is InChI=1S/C20H23NO4/c1-14(9-16-3-2-8-23-16)11-21-7-6-17(18(22)12-21)15-4-5-19-20(10-15)25-13-24-19/h2-5,8-10,17-18,22H,6-7,11-13H2,1H3/b14-9+/t17-,18+/m0/s1. The monoisotopic (exact) mass is 341 g/mol. The van der Waals surface area contributed by atoms with E-state index in [-0.39, 0.29) is 18.8 Å². The highest BCUT2D eigenvalue weighted by atomic mass is 16.7. The lowest BCUT2D eigenvalue weighted by Gasteiger charge is -2.36. The Balaban J connectivity index is 1.39. The molecule has 25 heavy (non-hydrogen) atoms. The van der Waals surface area contributed by atoms with Crippen LogP contribution in [0.1, 0.15) is 30.6 Å². The Hall–Kier alpha value is -2.24. The fourth-order valence-corrected chi connectivity index (χ4v) is 3.69. The molecule has 0 amide bonds. The van der Waals surface area contributed by atoms with Gasteiger partial charge in [0.15, 0.2) is 11.5 Å². The molecule has 2 aromatic rings. The fourth-order valence-electron chi connectivity index (χ4n) is 3.69. The second-order valence-electron chi connectivity index (χ2n) is 6.82. The van der Waals surface area contributed by atoms with Crippen molar-refractivity contribution < 1.29 is 19.0 Å². The Morgan fingerprint density at radius 3 is 2.96 bits per heavy atom. The van der Waals surface area contributed by atoms with Gasteiger partial charge in [-0.3, -0.25) is 4.90 Å². The summed E-state index contributed by atoms with van der Waals surface area (Å²) in [5.41, 5.74) is 2.35. The highest BCUT2D eigenvalue weighted by Gasteiger charge is 2.30. The second-order valence-corrected chi connectivity index (χ2v) is 6.82. The molecule has 4 rings (SSSR count). The first-order chi connectivity index (χ1) is 12.2. The number of aliphatic hydroxyl groups excluding tert-OH is 1. The summed E-state index contributed by atoms with van der Waals surface area (Å²) in [7, 11) is 0. The fraction of sp³-hybridized carbons (Fsp3) is 0.400. The van der Waals surface area contributed by atoms with E-state index < -0.39 is 0 Å². The molecule has 1 aromatic heterocycles. The van der Waals surface area contributed by atoms with Crippen molar-refractivity contribution in [3.63, 3.8) is 0 Å². The Labute approximate surface area is 147 Å². The lowest BCUT2D eigenvalue weighted by atomic mass is 9.86. The number of furan rings is 1.